The standard InChI is InChI=1S/C24H22F3N5O3S/c1-22(2)12-23(35,5-3-16(22)19(33)34)20-30-11-17(36-20)14-7-13(10-28)8-15(9-14)31-21-29-6-4-18(32-21)24(25,26)27/h4,6-9,11,16,35H,3,5,12H2,1-2H3,(H,33,34)(H,29,31,32)/t16-,23+/m0/s1. The van der Waals surface area contributed by atoms with Gasteiger partial charge in [-0.3, -0.25) is 4.79 Å². The molecule has 0 spiro atoms. The second-order valence-corrected chi connectivity index (χ2v) is 10.5. The van der Waals surface area contributed by atoms with E-state index < -0.39 is 34.8 Å². The maximum absolute atomic E-state index is 13.0. The molecule has 1 aliphatic rings. The van der Waals surface area contributed by atoms with E-state index in [1.165, 1.54) is 17.4 Å². The van der Waals surface area contributed by atoms with Crippen LogP contribution in [0.2, 0.25) is 0 Å². The number of aliphatic carboxylic acids is 1. The number of nitrogens with zero attached hydrogens (tertiary/aromatic N) is 4. The molecular formula is C24H22F3N5O3S. The van der Waals surface area contributed by atoms with Gasteiger partial charge >= 0.3 is 12.1 Å². The van der Waals surface area contributed by atoms with Crippen LogP contribution in [0.15, 0.2) is 36.7 Å². The fourth-order valence-electron chi connectivity index (χ4n) is 4.61. The van der Waals surface area contributed by atoms with Crippen LogP contribution in [-0.2, 0) is 16.6 Å². The molecule has 3 N–H and O–H groups in total. The van der Waals surface area contributed by atoms with Gasteiger partial charge in [0.25, 0.3) is 0 Å². The number of carboxylic acids is 1. The van der Waals surface area contributed by atoms with Gasteiger partial charge in [0.15, 0.2) is 0 Å². The molecule has 1 aromatic carbocycles. The summed E-state index contributed by atoms with van der Waals surface area (Å²) in [5.41, 5.74) is -1.92. The summed E-state index contributed by atoms with van der Waals surface area (Å²) in [4.78, 5) is 23.9. The highest BCUT2D eigenvalue weighted by Crippen LogP contribution is 2.51. The molecule has 0 amide bonds. The fourth-order valence-corrected chi connectivity index (χ4v) is 5.63. The van der Waals surface area contributed by atoms with Gasteiger partial charge in [-0.1, -0.05) is 13.8 Å². The van der Waals surface area contributed by atoms with E-state index >= 15 is 0 Å². The summed E-state index contributed by atoms with van der Waals surface area (Å²) >= 11 is 1.22. The first-order chi connectivity index (χ1) is 16.8. The number of carboxylic acid groups (broad SMARTS) is 1. The van der Waals surface area contributed by atoms with E-state index in [4.69, 9.17) is 0 Å². The Hall–Kier alpha value is -3.56. The molecule has 1 aliphatic carbocycles. The third kappa shape index (κ3) is 5.17. The van der Waals surface area contributed by atoms with Crippen molar-refractivity contribution in [3.8, 4) is 16.5 Å². The van der Waals surface area contributed by atoms with E-state index in [0.29, 0.717) is 27.6 Å². The van der Waals surface area contributed by atoms with E-state index in [1.807, 2.05) is 19.9 Å². The maximum Gasteiger partial charge on any atom is 0.433 e. The van der Waals surface area contributed by atoms with Crippen LogP contribution in [0.3, 0.4) is 0 Å². The monoisotopic (exact) mass is 517 g/mol. The normalized spacial score (nSPS) is 21.5. The Balaban J connectivity index is 1.63. The molecule has 3 aromatic rings. The number of halogens is 3. The molecule has 2 aromatic heterocycles. The van der Waals surface area contributed by atoms with Crippen molar-refractivity contribution in [2.75, 3.05) is 5.32 Å². The number of alkyl halides is 3. The van der Waals surface area contributed by atoms with Crippen LogP contribution < -0.4 is 5.32 Å². The third-order valence-electron chi connectivity index (χ3n) is 6.29. The summed E-state index contributed by atoms with van der Waals surface area (Å²) in [5.74, 6) is -1.74. The van der Waals surface area contributed by atoms with E-state index in [-0.39, 0.29) is 24.4 Å². The number of rotatable bonds is 5. The summed E-state index contributed by atoms with van der Waals surface area (Å²) in [6, 6.07) is 7.46. The Morgan fingerprint density at radius 1 is 1.28 bits per heavy atom. The summed E-state index contributed by atoms with van der Waals surface area (Å²) in [6.07, 6.45) is -1.31. The molecule has 0 saturated heterocycles. The molecule has 2 heterocycles. The molecule has 188 valence electrons. The van der Waals surface area contributed by atoms with Gasteiger partial charge in [-0.15, -0.1) is 11.3 Å². The van der Waals surface area contributed by atoms with Crippen molar-refractivity contribution in [2.45, 2.75) is 44.9 Å². The van der Waals surface area contributed by atoms with E-state index in [1.54, 1.807) is 18.3 Å². The highest BCUT2D eigenvalue weighted by Gasteiger charge is 2.49. The van der Waals surface area contributed by atoms with Crippen molar-refractivity contribution in [2.24, 2.45) is 11.3 Å². The summed E-state index contributed by atoms with van der Waals surface area (Å²) in [7, 11) is 0. The van der Waals surface area contributed by atoms with Crippen LogP contribution in [0.1, 0.15) is 49.4 Å². The predicted octanol–water partition coefficient (Wildman–Crippen LogP) is 5.33. The van der Waals surface area contributed by atoms with Gasteiger partial charge in [0, 0.05) is 18.1 Å². The van der Waals surface area contributed by atoms with Crippen LogP contribution >= 0.6 is 11.3 Å². The molecule has 0 bridgehead atoms. The van der Waals surface area contributed by atoms with Gasteiger partial charge in [-0.05, 0) is 54.5 Å². The van der Waals surface area contributed by atoms with Crippen molar-refractivity contribution in [3.05, 3.63) is 52.9 Å². The maximum atomic E-state index is 13.0. The molecule has 8 nitrogen and oxygen atoms in total. The minimum atomic E-state index is -4.63. The van der Waals surface area contributed by atoms with Crippen molar-refractivity contribution >= 4 is 28.9 Å². The number of hydrogen-bond acceptors (Lipinski definition) is 8. The Morgan fingerprint density at radius 3 is 2.67 bits per heavy atom. The number of aromatic nitrogens is 3. The lowest BCUT2D eigenvalue weighted by molar-refractivity contribution is -0.154. The van der Waals surface area contributed by atoms with Gasteiger partial charge in [0.05, 0.1) is 22.4 Å². The van der Waals surface area contributed by atoms with Gasteiger partial charge in [0.2, 0.25) is 5.95 Å². The molecule has 36 heavy (non-hydrogen) atoms. The summed E-state index contributed by atoms with van der Waals surface area (Å²) in [6.45, 7) is 3.63. The van der Waals surface area contributed by atoms with Crippen molar-refractivity contribution in [3.63, 3.8) is 0 Å². The quantitative estimate of drug-likeness (QED) is 0.414. The van der Waals surface area contributed by atoms with Crippen LogP contribution in [0.25, 0.3) is 10.4 Å². The van der Waals surface area contributed by atoms with Crippen molar-refractivity contribution < 1.29 is 28.2 Å². The van der Waals surface area contributed by atoms with Crippen molar-refractivity contribution in [1.29, 1.82) is 5.26 Å². The number of hydrogen-bond donors (Lipinski definition) is 3. The smallest absolute Gasteiger partial charge is 0.433 e. The molecule has 4 rings (SSSR count). The van der Waals surface area contributed by atoms with E-state index in [0.717, 1.165) is 12.3 Å². The van der Waals surface area contributed by atoms with Crippen molar-refractivity contribution in [1.82, 2.24) is 15.0 Å². The van der Waals surface area contributed by atoms with Crippen LogP contribution in [0.4, 0.5) is 24.8 Å². The molecule has 1 fully saturated rings. The molecular weight excluding hydrogens is 495 g/mol. The third-order valence-corrected chi connectivity index (χ3v) is 7.53. The number of anilines is 2. The minimum Gasteiger partial charge on any atom is -0.481 e. The Morgan fingerprint density at radius 2 is 2.03 bits per heavy atom. The average Bonchev–Trinajstić information content (AvgIpc) is 3.29. The molecule has 0 aliphatic heterocycles. The Kier molecular flexibility index (Phi) is 6.49. The minimum absolute atomic E-state index is 0.224. The van der Waals surface area contributed by atoms with Gasteiger partial charge in [-0.2, -0.15) is 18.4 Å². The highest BCUT2D eigenvalue weighted by atomic mass is 32.1. The largest absolute Gasteiger partial charge is 0.481 e. The lowest BCUT2D eigenvalue weighted by atomic mass is 9.63. The second kappa shape index (κ2) is 9.15. The topological polar surface area (TPSA) is 132 Å². The first-order valence-electron chi connectivity index (χ1n) is 10.9. The second-order valence-electron chi connectivity index (χ2n) is 9.46. The highest BCUT2D eigenvalue weighted by molar-refractivity contribution is 7.15. The van der Waals surface area contributed by atoms with E-state index in [9.17, 15) is 33.4 Å². The average molecular weight is 518 g/mol. The number of benzene rings is 1. The number of aliphatic hydroxyl groups is 1. The Bertz CT molecular complexity index is 1350. The lowest BCUT2D eigenvalue weighted by Gasteiger charge is -2.44. The number of carbonyl (C=O) groups is 1. The molecule has 0 unspecified atom stereocenters. The first-order valence-corrected chi connectivity index (χ1v) is 11.8. The van der Waals surface area contributed by atoms with Gasteiger partial charge in [0.1, 0.15) is 16.3 Å². The van der Waals surface area contributed by atoms with Crippen LogP contribution in [-0.4, -0.2) is 31.1 Å². The first kappa shape index (κ1) is 25.5. The predicted molar refractivity (Wildman–Crippen MR) is 125 cm³/mol. The molecule has 1 saturated carbocycles. The molecule has 0 radical (unpaired) electrons. The van der Waals surface area contributed by atoms with Gasteiger partial charge in [-0.25, -0.2) is 15.0 Å². The number of nitriles is 1. The fraction of sp³-hybridized carbons (Fsp3) is 0.375. The zero-order valence-corrected chi connectivity index (χ0v) is 20.1. The zero-order chi connectivity index (χ0) is 26.3. The number of thiazole rings is 1. The van der Waals surface area contributed by atoms with Crippen LogP contribution in [0, 0.1) is 22.7 Å². The lowest BCUT2D eigenvalue weighted by Crippen LogP contribution is -2.44. The zero-order valence-electron chi connectivity index (χ0n) is 19.3. The Labute approximate surface area is 208 Å². The SMILES string of the molecule is CC1(C)C[C@@](O)(c2ncc(-c3cc(C#N)cc(Nc4nccc(C(F)(F)F)n4)c3)s2)CC[C@H]1C(=O)O. The van der Waals surface area contributed by atoms with Gasteiger partial charge < -0.3 is 15.5 Å². The van der Waals surface area contributed by atoms with Crippen LogP contribution in [0.5, 0.6) is 0 Å². The summed E-state index contributed by atoms with van der Waals surface area (Å²) in [5, 5.41) is 33.5. The number of nitrogens with one attached hydrogen (secondary N) is 1. The summed E-state index contributed by atoms with van der Waals surface area (Å²) < 4.78 is 39.0. The molecule has 2 atom stereocenters. The molecule has 12 heteroatoms. The van der Waals surface area contributed by atoms with E-state index in [2.05, 4.69) is 20.3 Å².